The molecule has 1 aromatic heterocycles. The summed E-state index contributed by atoms with van der Waals surface area (Å²) in [7, 11) is 0. The molecule has 0 atom stereocenters. The average molecular weight is 454 g/mol. The van der Waals surface area contributed by atoms with Gasteiger partial charge >= 0.3 is 6.03 Å². The molecule has 7 nitrogen and oxygen atoms in total. The van der Waals surface area contributed by atoms with Crippen LogP contribution in [-0.4, -0.2) is 38.5 Å². The lowest BCUT2D eigenvalue weighted by Crippen LogP contribution is -2.43. The fourth-order valence-corrected chi connectivity index (χ4v) is 4.57. The number of aromatic nitrogens is 3. The lowest BCUT2D eigenvalue weighted by Gasteiger charge is -2.12. The van der Waals surface area contributed by atoms with Crippen LogP contribution in [0.5, 0.6) is 0 Å². The van der Waals surface area contributed by atoms with Gasteiger partial charge < -0.3 is 5.32 Å². The number of carbonyl (C=O) groups is 2. The zero-order valence-electron chi connectivity index (χ0n) is 17.5. The molecule has 1 aliphatic carbocycles. The van der Waals surface area contributed by atoms with Gasteiger partial charge in [0.1, 0.15) is 5.82 Å². The van der Waals surface area contributed by atoms with Gasteiger partial charge in [0.15, 0.2) is 11.0 Å². The van der Waals surface area contributed by atoms with Crippen LogP contribution in [0.3, 0.4) is 0 Å². The van der Waals surface area contributed by atoms with Crippen molar-refractivity contribution in [3.8, 4) is 17.1 Å². The smallest absolute Gasteiger partial charge is 0.321 e. The molecule has 2 N–H and O–H groups in total. The van der Waals surface area contributed by atoms with Crippen LogP contribution in [-0.2, 0) is 4.79 Å². The molecule has 0 spiro atoms. The number of nitrogens with one attached hydrogen (secondary N) is 2. The average Bonchev–Trinajstić information content (AvgIpc) is 3.45. The molecule has 3 amide bonds. The minimum Gasteiger partial charge on any atom is -0.335 e. The number of rotatable bonds is 7. The summed E-state index contributed by atoms with van der Waals surface area (Å²) in [5, 5.41) is 14.4. The van der Waals surface area contributed by atoms with Gasteiger partial charge in [0.05, 0.1) is 0 Å². The molecule has 32 heavy (non-hydrogen) atoms. The van der Waals surface area contributed by atoms with E-state index in [0.29, 0.717) is 16.7 Å². The molecule has 0 aliphatic heterocycles. The van der Waals surface area contributed by atoms with Crippen molar-refractivity contribution < 1.29 is 14.0 Å². The van der Waals surface area contributed by atoms with Crippen LogP contribution >= 0.6 is 11.8 Å². The van der Waals surface area contributed by atoms with Gasteiger partial charge in [-0.05, 0) is 37.1 Å². The molecule has 4 rings (SSSR count). The summed E-state index contributed by atoms with van der Waals surface area (Å²) in [4.78, 5) is 24.1. The van der Waals surface area contributed by atoms with E-state index in [-0.39, 0.29) is 24.2 Å². The second-order valence-electron chi connectivity index (χ2n) is 7.59. The van der Waals surface area contributed by atoms with Crippen molar-refractivity contribution >= 4 is 23.7 Å². The predicted octanol–water partition coefficient (Wildman–Crippen LogP) is 4.32. The molecule has 1 fully saturated rings. The Bertz CT molecular complexity index is 1070. The summed E-state index contributed by atoms with van der Waals surface area (Å²) in [5.74, 6) is 0.366. The van der Waals surface area contributed by atoms with Gasteiger partial charge in [0.2, 0.25) is 5.91 Å². The molecule has 1 heterocycles. The zero-order valence-corrected chi connectivity index (χ0v) is 18.3. The molecule has 1 saturated carbocycles. The van der Waals surface area contributed by atoms with Gasteiger partial charge in [0.25, 0.3) is 0 Å². The third kappa shape index (κ3) is 5.53. The molecule has 0 radical (unpaired) electrons. The van der Waals surface area contributed by atoms with Crippen LogP contribution in [0.2, 0.25) is 0 Å². The number of hydrogen-bond acceptors (Lipinski definition) is 5. The second-order valence-corrected chi connectivity index (χ2v) is 8.65. The van der Waals surface area contributed by atoms with Crippen molar-refractivity contribution in [3.05, 3.63) is 60.4 Å². The van der Waals surface area contributed by atoms with Crippen molar-refractivity contribution in [2.75, 3.05) is 5.75 Å². The maximum Gasteiger partial charge on any atom is 0.321 e. The highest BCUT2D eigenvalue weighted by atomic mass is 32.2. The van der Waals surface area contributed by atoms with E-state index in [0.717, 1.165) is 36.9 Å². The monoisotopic (exact) mass is 453 g/mol. The Hall–Kier alpha value is -3.20. The first-order valence-corrected chi connectivity index (χ1v) is 11.6. The normalized spacial score (nSPS) is 13.8. The fraction of sp³-hybridized carbons (Fsp3) is 0.304. The van der Waals surface area contributed by atoms with Gasteiger partial charge in [0, 0.05) is 29.5 Å². The van der Waals surface area contributed by atoms with Crippen LogP contribution in [0.25, 0.3) is 17.1 Å². The summed E-state index contributed by atoms with van der Waals surface area (Å²) in [6, 6.07) is 15.4. The number of urea groups is 1. The summed E-state index contributed by atoms with van der Waals surface area (Å²) in [6.45, 7) is 0. The van der Waals surface area contributed by atoms with Crippen molar-refractivity contribution in [1.82, 2.24) is 25.4 Å². The Kier molecular flexibility index (Phi) is 7.16. The summed E-state index contributed by atoms with van der Waals surface area (Å²) in [6.07, 6.45) is 4.28. The van der Waals surface area contributed by atoms with E-state index >= 15 is 0 Å². The van der Waals surface area contributed by atoms with Crippen LogP contribution in [0.4, 0.5) is 9.18 Å². The number of nitrogens with zero attached hydrogens (tertiary/aromatic N) is 3. The second kappa shape index (κ2) is 10.4. The molecule has 166 valence electrons. The molecule has 0 saturated heterocycles. The molecule has 3 aromatic rings. The van der Waals surface area contributed by atoms with E-state index in [2.05, 4.69) is 20.8 Å². The van der Waals surface area contributed by atoms with E-state index < -0.39 is 6.03 Å². The van der Waals surface area contributed by atoms with E-state index in [9.17, 15) is 14.0 Å². The summed E-state index contributed by atoms with van der Waals surface area (Å²) in [5.41, 5.74) is 1.59. The minimum absolute atomic E-state index is 0.152. The number of amides is 3. The fourth-order valence-electron chi connectivity index (χ4n) is 3.68. The van der Waals surface area contributed by atoms with Crippen molar-refractivity contribution in [2.45, 2.75) is 43.3 Å². The minimum atomic E-state index is -0.437. The number of halogens is 1. The van der Waals surface area contributed by atoms with Gasteiger partial charge in [-0.3, -0.25) is 14.7 Å². The quantitative estimate of drug-likeness (QED) is 0.520. The van der Waals surface area contributed by atoms with E-state index in [1.807, 2.05) is 34.9 Å². The lowest BCUT2D eigenvalue weighted by atomic mass is 10.2. The highest BCUT2D eigenvalue weighted by Crippen LogP contribution is 2.28. The van der Waals surface area contributed by atoms with Crippen LogP contribution in [0.1, 0.15) is 32.1 Å². The number of thioether (sulfide) groups is 1. The SMILES string of the molecule is O=C(CCSc1nnc(-c2ccccc2)n1-c1ccc(F)cc1)NC(=O)NC1CCCC1. The van der Waals surface area contributed by atoms with Gasteiger partial charge in [-0.25, -0.2) is 9.18 Å². The third-order valence-electron chi connectivity index (χ3n) is 5.25. The summed E-state index contributed by atoms with van der Waals surface area (Å²) < 4.78 is 15.3. The Balaban J connectivity index is 1.42. The van der Waals surface area contributed by atoms with Crippen molar-refractivity contribution in [2.24, 2.45) is 0 Å². The molecular formula is C23H24FN5O2S. The largest absolute Gasteiger partial charge is 0.335 e. The van der Waals surface area contributed by atoms with Crippen molar-refractivity contribution in [3.63, 3.8) is 0 Å². The maximum absolute atomic E-state index is 13.5. The van der Waals surface area contributed by atoms with Crippen LogP contribution < -0.4 is 10.6 Å². The lowest BCUT2D eigenvalue weighted by molar-refractivity contribution is -0.119. The highest BCUT2D eigenvalue weighted by Gasteiger charge is 2.19. The van der Waals surface area contributed by atoms with Crippen molar-refractivity contribution in [1.29, 1.82) is 0 Å². The molecule has 1 aliphatic rings. The topological polar surface area (TPSA) is 88.9 Å². The summed E-state index contributed by atoms with van der Waals surface area (Å²) >= 11 is 1.35. The molecule has 2 aromatic carbocycles. The first kappa shape index (κ1) is 22.0. The maximum atomic E-state index is 13.5. The molecule has 9 heteroatoms. The Morgan fingerprint density at radius 1 is 1.03 bits per heavy atom. The zero-order chi connectivity index (χ0) is 22.3. The van der Waals surface area contributed by atoms with Gasteiger partial charge in [-0.15, -0.1) is 10.2 Å². The molecule has 0 bridgehead atoms. The predicted molar refractivity (Wildman–Crippen MR) is 121 cm³/mol. The van der Waals surface area contributed by atoms with Gasteiger partial charge in [-0.2, -0.15) is 0 Å². The number of carbonyl (C=O) groups excluding carboxylic acids is 2. The van der Waals surface area contributed by atoms with Crippen LogP contribution in [0.15, 0.2) is 59.8 Å². The Morgan fingerprint density at radius 2 is 1.75 bits per heavy atom. The molecule has 0 unspecified atom stereocenters. The van der Waals surface area contributed by atoms with E-state index in [4.69, 9.17) is 0 Å². The standard InChI is InChI=1S/C23H24FN5O2S/c24-17-10-12-19(13-11-17)29-21(16-6-2-1-3-7-16)27-28-23(29)32-15-14-20(30)26-22(31)25-18-8-4-5-9-18/h1-3,6-7,10-13,18H,4-5,8-9,14-15H2,(H2,25,26,30,31). The number of imide groups is 1. The van der Waals surface area contributed by atoms with E-state index in [1.54, 1.807) is 12.1 Å². The highest BCUT2D eigenvalue weighted by molar-refractivity contribution is 7.99. The first-order chi connectivity index (χ1) is 15.6. The molecular weight excluding hydrogens is 429 g/mol. The van der Waals surface area contributed by atoms with Gasteiger partial charge in [-0.1, -0.05) is 54.9 Å². The first-order valence-electron chi connectivity index (χ1n) is 10.6. The third-order valence-corrected chi connectivity index (χ3v) is 6.18. The Morgan fingerprint density at radius 3 is 2.47 bits per heavy atom. The number of hydrogen-bond donors (Lipinski definition) is 2. The number of benzene rings is 2. The Labute approximate surface area is 189 Å². The van der Waals surface area contributed by atoms with E-state index in [1.165, 1.54) is 23.9 Å². The van der Waals surface area contributed by atoms with Crippen LogP contribution in [0, 0.1) is 5.82 Å².